The summed E-state index contributed by atoms with van der Waals surface area (Å²) in [5.74, 6) is 0.147. The van der Waals surface area contributed by atoms with Crippen LogP contribution in [0.25, 0.3) is 9.88 Å². The number of amides is 1. The van der Waals surface area contributed by atoms with Crippen molar-refractivity contribution in [1.29, 1.82) is 0 Å². The fraction of sp³-hybridized carbons (Fsp3) is 0.500. The van der Waals surface area contributed by atoms with Gasteiger partial charge in [0.05, 0.1) is 10.6 Å². The van der Waals surface area contributed by atoms with E-state index in [2.05, 4.69) is 23.3 Å². The van der Waals surface area contributed by atoms with E-state index in [4.69, 9.17) is 0 Å². The van der Waals surface area contributed by atoms with Gasteiger partial charge in [-0.1, -0.05) is 13.0 Å². The summed E-state index contributed by atoms with van der Waals surface area (Å²) < 4.78 is 0. The SMILES string of the molecule is CCCN(C(=O)c1sc(-c2cccs2)nc1C)C1CCNC1.Cl.Cl. The van der Waals surface area contributed by atoms with Gasteiger partial charge in [0.25, 0.3) is 5.91 Å². The Kier molecular flexibility index (Phi) is 8.67. The van der Waals surface area contributed by atoms with Crippen LogP contribution in [-0.2, 0) is 0 Å². The number of aryl methyl sites for hydroxylation is 1. The Labute approximate surface area is 163 Å². The lowest BCUT2D eigenvalue weighted by atomic mass is 10.2. The highest BCUT2D eigenvalue weighted by Gasteiger charge is 2.29. The number of rotatable bonds is 5. The Balaban J connectivity index is 0.00000144. The highest BCUT2D eigenvalue weighted by Crippen LogP contribution is 2.32. The molecule has 1 unspecified atom stereocenters. The molecule has 3 heterocycles. The van der Waals surface area contributed by atoms with Crippen molar-refractivity contribution in [3.63, 3.8) is 0 Å². The van der Waals surface area contributed by atoms with E-state index in [0.717, 1.165) is 52.9 Å². The molecule has 134 valence electrons. The maximum absolute atomic E-state index is 13.0. The van der Waals surface area contributed by atoms with Crippen LogP contribution in [0.1, 0.15) is 35.1 Å². The predicted molar refractivity (Wildman–Crippen MR) is 107 cm³/mol. The summed E-state index contributed by atoms with van der Waals surface area (Å²) in [7, 11) is 0. The highest BCUT2D eigenvalue weighted by molar-refractivity contribution is 7.22. The van der Waals surface area contributed by atoms with Gasteiger partial charge in [-0.05, 0) is 37.8 Å². The second kappa shape index (κ2) is 9.73. The van der Waals surface area contributed by atoms with Crippen molar-refractivity contribution >= 4 is 53.4 Å². The minimum atomic E-state index is 0. The third-order valence-corrected chi connectivity index (χ3v) is 6.11. The van der Waals surface area contributed by atoms with Crippen molar-refractivity contribution in [2.75, 3.05) is 19.6 Å². The predicted octanol–water partition coefficient (Wildman–Crippen LogP) is 4.24. The zero-order valence-corrected chi connectivity index (χ0v) is 17.0. The van der Waals surface area contributed by atoms with Crippen LogP contribution in [0, 0.1) is 6.92 Å². The summed E-state index contributed by atoms with van der Waals surface area (Å²) in [4.78, 5) is 21.6. The molecule has 1 aliphatic rings. The number of carbonyl (C=O) groups is 1. The summed E-state index contributed by atoms with van der Waals surface area (Å²) in [6.07, 6.45) is 2.03. The van der Waals surface area contributed by atoms with Gasteiger partial charge >= 0.3 is 0 Å². The maximum Gasteiger partial charge on any atom is 0.266 e. The van der Waals surface area contributed by atoms with E-state index in [1.807, 2.05) is 23.3 Å². The average molecular weight is 408 g/mol. The number of nitrogens with one attached hydrogen (secondary N) is 1. The lowest BCUT2D eigenvalue weighted by Gasteiger charge is -2.27. The first-order valence-electron chi connectivity index (χ1n) is 7.73. The number of halogens is 2. The smallest absolute Gasteiger partial charge is 0.266 e. The molecule has 1 saturated heterocycles. The number of aromatic nitrogens is 1. The lowest BCUT2D eigenvalue weighted by molar-refractivity contribution is 0.0696. The van der Waals surface area contributed by atoms with E-state index in [9.17, 15) is 4.79 Å². The Hall–Kier alpha value is -0.660. The summed E-state index contributed by atoms with van der Waals surface area (Å²) >= 11 is 3.19. The fourth-order valence-electron chi connectivity index (χ4n) is 2.83. The van der Waals surface area contributed by atoms with Crippen LogP contribution in [0.15, 0.2) is 17.5 Å². The molecular weight excluding hydrogens is 385 g/mol. The molecule has 0 radical (unpaired) electrons. The fourth-order valence-corrected chi connectivity index (χ4v) is 4.65. The molecule has 0 saturated carbocycles. The summed E-state index contributed by atoms with van der Waals surface area (Å²) in [5, 5.41) is 6.35. The van der Waals surface area contributed by atoms with Gasteiger partial charge in [0.1, 0.15) is 9.88 Å². The molecule has 0 aliphatic carbocycles. The third kappa shape index (κ3) is 4.49. The van der Waals surface area contributed by atoms with E-state index in [-0.39, 0.29) is 30.7 Å². The van der Waals surface area contributed by atoms with E-state index in [0.29, 0.717) is 6.04 Å². The monoisotopic (exact) mass is 407 g/mol. The normalized spacial score (nSPS) is 16.3. The van der Waals surface area contributed by atoms with Gasteiger partial charge in [0.15, 0.2) is 0 Å². The number of nitrogens with zero attached hydrogens (tertiary/aromatic N) is 2. The van der Waals surface area contributed by atoms with Gasteiger partial charge < -0.3 is 10.2 Å². The molecule has 8 heteroatoms. The highest BCUT2D eigenvalue weighted by atomic mass is 35.5. The molecule has 0 bridgehead atoms. The van der Waals surface area contributed by atoms with Gasteiger partial charge in [0, 0.05) is 19.1 Å². The van der Waals surface area contributed by atoms with Crippen LogP contribution in [0.2, 0.25) is 0 Å². The van der Waals surface area contributed by atoms with Crippen molar-refractivity contribution in [1.82, 2.24) is 15.2 Å². The molecule has 4 nitrogen and oxygen atoms in total. The molecule has 1 fully saturated rings. The Morgan fingerprint density at radius 1 is 1.46 bits per heavy atom. The molecule has 2 aromatic rings. The molecule has 24 heavy (non-hydrogen) atoms. The van der Waals surface area contributed by atoms with Gasteiger partial charge in [-0.25, -0.2) is 4.98 Å². The first kappa shape index (κ1) is 21.4. The van der Waals surface area contributed by atoms with Crippen molar-refractivity contribution in [3.05, 3.63) is 28.1 Å². The minimum Gasteiger partial charge on any atom is -0.334 e. The quantitative estimate of drug-likeness (QED) is 0.805. The van der Waals surface area contributed by atoms with Crippen LogP contribution in [0.4, 0.5) is 0 Å². The van der Waals surface area contributed by atoms with Crippen LogP contribution in [0.3, 0.4) is 0 Å². The standard InChI is InChI=1S/C16H21N3OS2.2ClH/c1-3-8-19(12-6-7-17-10-12)16(20)14-11(2)18-15(22-14)13-5-4-9-21-13;;/h4-5,9,12,17H,3,6-8,10H2,1-2H3;2*1H. The molecule has 2 aromatic heterocycles. The van der Waals surface area contributed by atoms with Crippen LogP contribution in [0.5, 0.6) is 0 Å². The summed E-state index contributed by atoms with van der Waals surface area (Å²) in [5.41, 5.74) is 0.852. The Morgan fingerprint density at radius 2 is 2.25 bits per heavy atom. The Bertz CT molecular complexity index is 640. The largest absolute Gasteiger partial charge is 0.334 e. The van der Waals surface area contributed by atoms with Crippen LogP contribution >= 0.6 is 47.5 Å². The topological polar surface area (TPSA) is 45.2 Å². The average Bonchev–Trinajstić information content (AvgIpc) is 3.24. The van der Waals surface area contributed by atoms with Gasteiger partial charge in [-0.2, -0.15) is 0 Å². The van der Waals surface area contributed by atoms with Gasteiger partial charge in [0.2, 0.25) is 0 Å². The zero-order chi connectivity index (χ0) is 15.5. The van der Waals surface area contributed by atoms with E-state index >= 15 is 0 Å². The second-order valence-corrected chi connectivity index (χ2v) is 7.50. The Morgan fingerprint density at radius 3 is 2.83 bits per heavy atom. The van der Waals surface area contributed by atoms with E-state index in [1.165, 1.54) is 11.3 Å². The molecule has 1 N–H and O–H groups in total. The minimum absolute atomic E-state index is 0. The van der Waals surface area contributed by atoms with Crippen molar-refractivity contribution < 1.29 is 4.79 Å². The number of thiazole rings is 1. The third-order valence-electron chi connectivity index (χ3n) is 3.92. The number of carbonyl (C=O) groups excluding carboxylic acids is 1. The van der Waals surface area contributed by atoms with E-state index < -0.39 is 0 Å². The van der Waals surface area contributed by atoms with Crippen molar-refractivity contribution in [2.45, 2.75) is 32.7 Å². The zero-order valence-electron chi connectivity index (χ0n) is 13.8. The molecule has 3 rings (SSSR count). The number of hydrogen-bond donors (Lipinski definition) is 1. The first-order valence-corrected chi connectivity index (χ1v) is 9.43. The molecular formula is C16H23Cl2N3OS2. The first-order chi connectivity index (χ1) is 10.7. The molecule has 1 amide bonds. The van der Waals surface area contributed by atoms with E-state index in [1.54, 1.807) is 11.3 Å². The van der Waals surface area contributed by atoms with Crippen LogP contribution in [-0.4, -0.2) is 41.5 Å². The second-order valence-electron chi connectivity index (χ2n) is 5.56. The molecule has 0 spiro atoms. The van der Waals surface area contributed by atoms with Gasteiger partial charge in [-0.3, -0.25) is 4.79 Å². The molecule has 1 atom stereocenters. The molecule has 1 aliphatic heterocycles. The number of hydrogen-bond acceptors (Lipinski definition) is 5. The van der Waals surface area contributed by atoms with Crippen molar-refractivity contribution in [2.24, 2.45) is 0 Å². The maximum atomic E-state index is 13.0. The summed E-state index contributed by atoms with van der Waals surface area (Å²) in [6.45, 7) is 6.79. The van der Waals surface area contributed by atoms with Gasteiger partial charge in [-0.15, -0.1) is 47.5 Å². The lowest BCUT2D eigenvalue weighted by Crippen LogP contribution is -2.42. The number of thiophene rings is 1. The summed E-state index contributed by atoms with van der Waals surface area (Å²) in [6, 6.07) is 4.40. The van der Waals surface area contributed by atoms with Crippen molar-refractivity contribution in [3.8, 4) is 9.88 Å². The molecule has 0 aromatic carbocycles. The van der Waals surface area contributed by atoms with Crippen LogP contribution < -0.4 is 5.32 Å².